The number of pyridine rings is 1. The van der Waals surface area contributed by atoms with E-state index < -0.39 is 6.04 Å². The average Bonchev–Trinajstić information content (AvgIpc) is 3.07. The number of hydrogen-bond acceptors (Lipinski definition) is 7. The van der Waals surface area contributed by atoms with Gasteiger partial charge in [0.25, 0.3) is 0 Å². The molecule has 2 amide bonds. The Hall–Kier alpha value is -3.82. The lowest BCUT2D eigenvalue weighted by Gasteiger charge is -2.41. The van der Waals surface area contributed by atoms with Crippen molar-refractivity contribution in [2.24, 2.45) is 5.92 Å². The molecule has 250 valence electrons. The van der Waals surface area contributed by atoms with Crippen molar-refractivity contribution in [3.8, 4) is 11.5 Å². The normalized spacial score (nSPS) is 22.6. The SMILES string of the molecule is CC[C@@H](C)Oc1cc2c(cc1O)CC(=O)N(c1ccc(N(C)CC3CCC(N4CCN(C)C(=O)C4)CC3)nc1)C2c1ccc(Cl)cc1. The highest BCUT2D eigenvalue weighted by Gasteiger charge is 2.36. The molecule has 3 aromatic rings. The van der Waals surface area contributed by atoms with Gasteiger partial charge in [0.05, 0.1) is 37.0 Å². The quantitative estimate of drug-likeness (QED) is 0.299. The number of phenols is 1. The maximum absolute atomic E-state index is 13.8. The second kappa shape index (κ2) is 14.1. The number of piperazine rings is 1. The highest BCUT2D eigenvalue weighted by Crippen LogP contribution is 2.43. The highest BCUT2D eigenvalue weighted by atomic mass is 35.5. The molecule has 1 saturated heterocycles. The molecule has 10 heteroatoms. The number of ether oxygens (including phenoxy) is 1. The molecule has 2 aromatic carbocycles. The Labute approximate surface area is 283 Å². The van der Waals surface area contributed by atoms with Crippen LogP contribution in [0.5, 0.6) is 11.5 Å². The number of carbonyl (C=O) groups excluding carboxylic acids is 2. The number of aromatic hydroxyl groups is 1. The van der Waals surface area contributed by atoms with Gasteiger partial charge >= 0.3 is 0 Å². The smallest absolute Gasteiger partial charge is 0.236 e. The molecule has 1 aromatic heterocycles. The minimum absolute atomic E-state index is 0.0390. The largest absolute Gasteiger partial charge is 0.504 e. The van der Waals surface area contributed by atoms with E-state index in [0.29, 0.717) is 35.0 Å². The Morgan fingerprint density at radius 1 is 1.04 bits per heavy atom. The van der Waals surface area contributed by atoms with Crippen LogP contribution in [0, 0.1) is 5.92 Å². The minimum Gasteiger partial charge on any atom is -0.504 e. The highest BCUT2D eigenvalue weighted by molar-refractivity contribution is 6.30. The van der Waals surface area contributed by atoms with E-state index >= 15 is 0 Å². The fraction of sp³-hybridized carbons (Fsp3) is 0.486. The third-order valence-corrected chi connectivity index (χ3v) is 10.5. The summed E-state index contributed by atoms with van der Waals surface area (Å²) in [4.78, 5) is 39.1. The van der Waals surface area contributed by atoms with Gasteiger partial charge in [0.1, 0.15) is 5.82 Å². The van der Waals surface area contributed by atoms with Gasteiger partial charge in [-0.1, -0.05) is 30.7 Å². The van der Waals surface area contributed by atoms with Crippen molar-refractivity contribution in [3.05, 3.63) is 76.4 Å². The summed E-state index contributed by atoms with van der Waals surface area (Å²) >= 11 is 6.26. The van der Waals surface area contributed by atoms with Crippen LogP contribution in [0.4, 0.5) is 11.5 Å². The zero-order chi connectivity index (χ0) is 33.2. The zero-order valence-electron chi connectivity index (χ0n) is 27.9. The first-order valence-electron chi connectivity index (χ1n) is 16.9. The van der Waals surface area contributed by atoms with Gasteiger partial charge in [-0.3, -0.25) is 19.4 Å². The number of phenolic OH excluding ortho intramolecular Hbond substituents is 1. The predicted octanol–water partition coefficient (Wildman–Crippen LogP) is 6.07. The summed E-state index contributed by atoms with van der Waals surface area (Å²) in [6.45, 7) is 7.24. The standard InChI is InChI=1S/C37H46ClN5O4/c1-5-24(2)47-33-20-31-27(18-32(33)44)19-35(45)43(37(31)26-8-10-28(38)11-9-26)30-14-15-34(39-21-30)41(4)22-25-6-12-29(13-7-25)42-17-16-40(3)36(46)23-42/h8-11,14-15,18,20-21,24-25,29,37,44H,5-7,12-13,16-17,19,22-23H2,1-4H3/t24-,25?,29?,37?/m1/s1. The number of fused-ring (bicyclic) bond motifs is 1. The lowest BCUT2D eigenvalue weighted by molar-refractivity contribution is -0.135. The van der Waals surface area contributed by atoms with Crippen LogP contribution in [0.3, 0.4) is 0 Å². The van der Waals surface area contributed by atoms with Crippen molar-refractivity contribution in [1.82, 2.24) is 14.8 Å². The van der Waals surface area contributed by atoms with Crippen molar-refractivity contribution >= 4 is 34.9 Å². The summed E-state index contributed by atoms with van der Waals surface area (Å²) in [5, 5.41) is 11.4. The Morgan fingerprint density at radius 2 is 1.79 bits per heavy atom. The monoisotopic (exact) mass is 659 g/mol. The Kier molecular flexibility index (Phi) is 9.94. The molecule has 9 nitrogen and oxygen atoms in total. The summed E-state index contributed by atoms with van der Waals surface area (Å²) < 4.78 is 6.07. The molecule has 0 radical (unpaired) electrons. The second-order valence-corrected chi connectivity index (χ2v) is 13.9. The van der Waals surface area contributed by atoms with Crippen LogP contribution in [0.1, 0.15) is 68.7 Å². The molecule has 3 heterocycles. The van der Waals surface area contributed by atoms with Crippen molar-refractivity contribution in [1.29, 1.82) is 0 Å². The molecule has 3 aliphatic rings. The molecule has 1 saturated carbocycles. The molecule has 0 bridgehead atoms. The predicted molar refractivity (Wildman–Crippen MR) is 185 cm³/mol. The topological polar surface area (TPSA) is 89.5 Å². The first kappa shape index (κ1) is 33.1. The van der Waals surface area contributed by atoms with Crippen LogP contribution >= 0.6 is 11.6 Å². The molecule has 2 fully saturated rings. The van der Waals surface area contributed by atoms with Gasteiger partial charge < -0.3 is 19.6 Å². The lowest BCUT2D eigenvalue weighted by atomic mass is 9.84. The van der Waals surface area contributed by atoms with Gasteiger partial charge in [0.2, 0.25) is 11.8 Å². The van der Waals surface area contributed by atoms with Crippen LogP contribution in [-0.4, -0.2) is 84.1 Å². The number of hydrogen-bond donors (Lipinski definition) is 1. The Bertz CT molecular complexity index is 1570. The molecule has 1 N–H and O–H groups in total. The number of anilines is 2. The van der Waals surface area contributed by atoms with E-state index in [0.717, 1.165) is 74.2 Å². The maximum atomic E-state index is 13.8. The first-order valence-corrected chi connectivity index (χ1v) is 17.2. The molecule has 1 aliphatic carbocycles. The molecule has 0 spiro atoms. The number of halogens is 1. The van der Waals surface area contributed by atoms with E-state index in [4.69, 9.17) is 21.3 Å². The third kappa shape index (κ3) is 7.21. The van der Waals surface area contributed by atoms with Crippen molar-refractivity contribution in [2.45, 2.75) is 70.6 Å². The zero-order valence-corrected chi connectivity index (χ0v) is 28.6. The van der Waals surface area contributed by atoms with Gasteiger partial charge in [-0.2, -0.15) is 0 Å². The van der Waals surface area contributed by atoms with Crippen LogP contribution in [0.25, 0.3) is 0 Å². The van der Waals surface area contributed by atoms with Crippen molar-refractivity contribution < 1.29 is 19.4 Å². The summed E-state index contributed by atoms with van der Waals surface area (Å²) in [6, 6.07) is 15.1. The molecule has 1 unspecified atom stereocenters. The second-order valence-electron chi connectivity index (χ2n) is 13.5. The van der Waals surface area contributed by atoms with Crippen LogP contribution in [0.15, 0.2) is 54.7 Å². The number of aromatic nitrogens is 1. The molecular formula is C37H46ClN5O4. The fourth-order valence-electron chi connectivity index (χ4n) is 7.24. The summed E-state index contributed by atoms with van der Waals surface area (Å²) in [5.41, 5.74) is 3.29. The number of amides is 2. The van der Waals surface area contributed by atoms with Gasteiger partial charge in [-0.05, 0) is 98.0 Å². The van der Waals surface area contributed by atoms with Crippen LogP contribution in [0.2, 0.25) is 5.02 Å². The van der Waals surface area contributed by atoms with E-state index in [1.165, 1.54) is 0 Å². The van der Waals surface area contributed by atoms with Crippen molar-refractivity contribution in [2.75, 3.05) is 50.1 Å². The molecular weight excluding hydrogens is 614 g/mol. The van der Waals surface area contributed by atoms with Gasteiger partial charge in [-0.15, -0.1) is 0 Å². The molecule has 2 atom stereocenters. The van der Waals surface area contributed by atoms with E-state index in [9.17, 15) is 14.7 Å². The van der Waals surface area contributed by atoms with E-state index in [1.807, 2.05) is 68.3 Å². The Balaban J connectivity index is 1.19. The van der Waals surface area contributed by atoms with E-state index in [2.05, 4.69) is 16.8 Å². The molecule has 47 heavy (non-hydrogen) atoms. The van der Waals surface area contributed by atoms with E-state index in [-0.39, 0.29) is 30.1 Å². The summed E-state index contributed by atoms with van der Waals surface area (Å²) in [7, 11) is 3.97. The van der Waals surface area contributed by atoms with Gasteiger partial charge in [0.15, 0.2) is 11.5 Å². The number of rotatable bonds is 9. The third-order valence-electron chi connectivity index (χ3n) is 10.2. The minimum atomic E-state index is -0.445. The first-order chi connectivity index (χ1) is 22.6. The average molecular weight is 660 g/mol. The number of likely N-dealkylation sites (N-methyl/N-ethyl adjacent to an activating group) is 1. The van der Waals surface area contributed by atoms with Crippen LogP contribution < -0.4 is 14.5 Å². The van der Waals surface area contributed by atoms with Crippen LogP contribution in [-0.2, 0) is 16.0 Å². The van der Waals surface area contributed by atoms with Gasteiger partial charge in [-0.25, -0.2) is 4.98 Å². The van der Waals surface area contributed by atoms with E-state index in [1.54, 1.807) is 17.2 Å². The molecule has 6 rings (SSSR count). The molecule has 2 aliphatic heterocycles. The maximum Gasteiger partial charge on any atom is 0.236 e. The fourth-order valence-corrected chi connectivity index (χ4v) is 7.36. The van der Waals surface area contributed by atoms with Gasteiger partial charge in [0, 0.05) is 44.8 Å². The summed E-state index contributed by atoms with van der Waals surface area (Å²) in [6.07, 6.45) is 7.18. The summed E-state index contributed by atoms with van der Waals surface area (Å²) in [5.74, 6) is 2.03. The number of carbonyl (C=O) groups is 2. The Morgan fingerprint density at radius 3 is 2.45 bits per heavy atom. The number of nitrogens with zero attached hydrogens (tertiary/aromatic N) is 5. The van der Waals surface area contributed by atoms with Crippen molar-refractivity contribution in [3.63, 3.8) is 0 Å². The number of benzene rings is 2. The lowest BCUT2D eigenvalue weighted by Crippen LogP contribution is -2.53.